The maximum Gasteiger partial charge on any atom is 0.225 e. The second-order valence-electron chi connectivity index (χ2n) is 7.13. The number of hydrogen-bond donors (Lipinski definition) is 0. The van der Waals surface area contributed by atoms with Gasteiger partial charge in [0, 0.05) is 38.6 Å². The Balaban J connectivity index is 1.63. The van der Waals surface area contributed by atoms with Crippen molar-refractivity contribution < 1.29 is 13.2 Å². The standard InChI is InChI=1S/C18H27N3O3S/c1-19-12-13-20(14-17(19)15-6-4-3-5-7-15)18(22)16-8-10-21(11-9-16)25(2,23)24/h3-7,16-17H,8-14H2,1-2H3. The number of piperazine rings is 1. The molecule has 0 aromatic heterocycles. The number of carbonyl (C=O) groups is 1. The number of nitrogens with zero attached hydrogens (tertiary/aromatic N) is 3. The Morgan fingerprint density at radius 1 is 1.04 bits per heavy atom. The van der Waals surface area contributed by atoms with Crippen molar-refractivity contribution in [3.8, 4) is 0 Å². The lowest BCUT2D eigenvalue weighted by atomic mass is 9.95. The molecule has 0 bridgehead atoms. The van der Waals surface area contributed by atoms with Gasteiger partial charge in [-0.05, 0) is 25.5 Å². The van der Waals surface area contributed by atoms with Crippen molar-refractivity contribution in [2.75, 3.05) is 46.0 Å². The molecule has 1 amide bonds. The molecule has 1 unspecified atom stereocenters. The molecule has 1 atom stereocenters. The van der Waals surface area contributed by atoms with Gasteiger partial charge in [-0.2, -0.15) is 0 Å². The Bertz CT molecular complexity index is 700. The summed E-state index contributed by atoms with van der Waals surface area (Å²) in [5.74, 6) is 0.125. The predicted molar refractivity (Wildman–Crippen MR) is 97.5 cm³/mol. The number of piperidine rings is 1. The summed E-state index contributed by atoms with van der Waals surface area (Å²) in [4.78, 5) is 17.2. The normalized spacial score (nSPS) is 24.4. The molecule has 3 rings (SSSR count). The number of benzene rings is 1. The first kappa shape index (κ1) is 18.4. The Hall–Kier alpha value is -1.44. The van der Waals surface area contributed by atoms with Crippen LogP contribution in [0.2, 0.25) is 0 Å². The zero-order valence-corrected chi connectivity index (χ0v) is 15.8. The maximum atomic E-state index is 12.9. The van der Waals surface area contributed by atoms with Crippen LogP contribution in [0.15, 0.2) is 30.3 Å². The van der Waals surface area contributed by atoms with E-state index in [2.05, 4.69) is 24.1 Å². The fraction of sp³-hybridized carbons (Fsp3) is 0.611. The van der Waals surface area contributed by atoms with Crippen molar-refractivity contribution in [3.05, 3.63) is 35.9 Å². The molecule has 2 saturated heterocycles. The highest BCUT2D eigenvalue weighted by Gasteiger charge is 2.34. The van der Waals surface area contributed by atoms with E-state index < -0.39 is 10.0 Å². The molecule has 0 saturated carbocycles. The van der Waals surface area contributed by atoms with E-state index in [-0.39, 0.29) is 17.9 Å². The molecule has 2 fully saturated rings. The fourth-order valence-corrected chi connectivity index (χ4v) is 4.68. The van der Waals surface area contributed by atoms with Gasteiger partial charge in [-0.3, -0.25) is 9.69 Å². The van der Waals surface area contributed by atoms with Gasteiger partial charge in [0.1, 0.15) is 0 Å². The number of hydrogen-bond acceptors (Lipinski definition) is 4. The smallest absolute Gasteiger partial charge is 0.225 e. The van der Waals surface area contributed by atoms with Gasteiger partial charge in [-0.1, -0.05) is 30.3 Å². The van der Waals surface area contributed by atoms with Crippen LogP contribution < -0.4 is 0 Å². The molecule has 0 N–H and O–H groups in total. The van der Waals surface area contributed by atoms with Crippen LogP contribution in [0.5, 0.6) is 0 Å². The highest BCUT2D eigenvalue weighted by molar-refractivity contribution is 7.88. The minimum Gasteiger partial charge on any atom is -0.339 e. The first-order valence-electron chi connectivity index (χ1n) is 8.85. The molecule has 0 spiro atoms. The number of sulfonamides is 1. The van der Waals surface area contributed by atoms with Gasteiger partial charge in [0.2, 0.25) is 15.9 Å². The Morgan fingerprint density at radius 2 is 1.68 bits per heavy atom. The van der Waals surface area contributed by atoms with E-state index in [9.17, 15) is 13.2 Å². The SMILES string of the molecule is CN1CCN(C(=O)C2CCN(S(C)(=O)=O)CC2)CC1c1ccccc1. The van der Waals surface area contributed by atoms with Crippen molar-refractivity contribution in [2.24, 2.45) is 5.92 Å². The molecular weight excluding hydrogens is 338 g/mol. The highest BCUT2D eigenvalue weighted by Crippen LogP contribution is 2.27. The Kier molecular flexibility index (Phi) is 5.46. The molecule has 7 heteroatoms. The van der Waals surface area contributed by atoms with E-state index in [0.717, 1.165) is 13.1 Å². The van der Waals surface area contributed by atoms with E-state index in [1.54, 1.807) is 0 Å². The lowest BCUT2D eigenvalue weighted by molar-refractivity contribution is -0.139. The first-order valence-corrected chi connectivity index (χ1v) is 10.7. The largest absolute Gasteiger partial charge is 0.339 e. The number of amides is 1. The van der Waals surface area contributed by atoms with Crippen molar-refractivity contribution in [1.82, 2.24) is 14.1 Å². The van der Waals surface area contributed by atoms with Gasteiger partial charge in [0.25, 0.3) is 0 Å². The second kappa shape index (κ2) is 7.43. The van der Waals surface area contributed by atoms with Crippen molar-refractivity contribution in [2.45, 2.75) is 18.9 Å². The number of rotatable bonds is 3. The lowest BCUT2D eigenvalue weighted by Crippen LogP contribution is -2.52. The number of likely N-dealkylation sites (N-methyl/N-ethyl adjacent to an activating group) is 1. The molecular formula is C18H27N3O3S. The van der Waals surface area contributed by atoms with Gasteiger partial charge in [-0.15, -0.1) is 0 Å². The number of carbonyl (C=O) groups excluding carboxylic acids is 1. The summed E-state index contributed by atoms with van der Waals surface area (Å²) in [7, 11) is -1.05. The van der Waals surface area contributed by atoms with Crippen molar-refractivity contribution >= 4 is 15.9 Å². The van der Waals surface area contributed by atoms with Crippen LogP contribution in [0.25, 0.3) is 0 Å². The molecule has 0 radical (unpaired) electrons. The average Bonchev–Trinajstić information content (AvgIpc) is 2.62. The summed E-state index contributed by atoms with van der Waals surface area (Å²) in [6, 6.07) is 10.5. The van der Waals surface area contributed by atoms with Crippen LogP contribution in [-0.2, 0) is 14.8 Å². The van der Waals surface area contributed by atoms with Crippen molar-refractivity contribution in [3.63, 3.8) is 0 Å². The highest BCUT2D eigenvalue weighted by atomic mass is 32.2. The van der Waals surface area contributed by atoms with Gasteiger partial charge < -0.3 is 4.90 Å². The third-order valence-electron chi connectivity index (χ3n) is 5.42. The predicted octanol–water partition coefficient (Wildman–Crippen LogP) is 1.17. The molecule has 0 aliphatic carbocycles. The molecule has 2 heterocycles. The third-order valence-corrected chi connectivity index (χ3v) is 6.72. The summed E-state index contributed by atoms with van der Waals surface area (Å²) in [5, 5.41) is 0. The minimum atomic E-state index is -3.15. The van der Waals surface area contributed by atoms with Gasteiger partial charge in [0.15, 0.2) is 0 Å². The van der Waals surface area contributed by atoms with Crippen molar-refractivity contribution in [1.29, 1.82) is 0 Å². The van der Waals surface area contributed by atoms with Crippen LogP contribution in [0.4, 0.5) is 0 Å². The van der Waals surface area contributed by atoms with Crippen LogP contribution in [-0.4, -0.2) is 74.5 Å². The van der Waals surface area contributed by atoms with E-state index >= 15 is 0 Å². The monoisotopic (exact) mass is 365 g/mol. The van der Waals surface area contributed by atoms with E-state index in [4.69, 9.17) is 0 Å². The average molecular weight is 365 g/mol. The topological polar surface area (TPSA) is 60.9 Å². The van der Waals surface area contributed by atoms with Crippen LogP contribution in [0.3, 0.4) is 0 Å². The quantitative estimate of drug-likeness (QED) is 0.807. The zero-order valence-electron chi connectivity index (χ0n) is 15.0. The Labute approximate surface area is 150 Å². The molecule has 25 heavy (non-hydrogen) atoms. The first-order chi connectivity index (χ1) is 11.9. The zero-order chi connectivity index (χ0) is 18.0. The van der Waals surface area contributed by atoms with E-state index in [1.165, 1.54) is 16.1 Å². The molecule has 1 aromatic carbocycles. The Morgan fingerprint density at radius 3 is 2.28 bits per heavy atom. The molecule has 2 aliphatic heterocycles. The summed E-state index contributed by atoms with van der Waals surface area (Å²) in [5.41, 5.74) is 1.23. The van der Waals surface area contributed by atoms with E-state index in [1.807, 2.05) is 23.1 Å². The van der Waals surface area contributed by atoms with Gasteiger partial charge in [0.05, 0.1) is 12.3 Å². The maximum absolute atomic E-state index is 12.9. The molecule has 2 aliphatic rings. The van der Waals surface area contributed by atoms with Crippen LogP contribution >= 0.6 is 0 Å². The minimum absolute atomic E-state index is 0.0576. The molecule has 1 aromatic rings. The van der Waals surface area contributed by atoms with E-state index in [0.29, 0.717) is 32.5 Å². The van der Waals surface area contributed by atoms with Gasteiger partial charge >= 0.3 is 0 Å². The second-order valence-corrected chi connectivity index (χ2v) is 9.11. The molecule has 138 valence electrons. The lowest BCUT2D eigenvalue weighted by Gasteiger charge is -2.41. The van der Waals surface area contributed by atoms with Crippen LogP contribution in [0, 0.1) is 5.92 Å². The summed E-state index contributed by atoms with van der Waals surface area (Å²) < 4.78 is 24.7. The molecule has 6 nitrogen and oxygen atoms in total. The van der Waals surface area contributed by atoms with Crippen LogP contribution in [0.1, 0.15) is 24.4 Å². The third kappa shape index (κ3) is 4.22. The van der Waals surface area contributed by atoms with Gasteiger partial charge in [-0.25, -0.2) is 12.7 Å². The summed E-state index contributed by atoms with van der Waals surface area (Å²) >= 11 is 0. The summed E-state index contributed by atoms with van der Waals surface area (Å²) in [6.07, 6.45) is 2.47. The fourth-order valence-electron chi connectivity index (χ4n) is 3.80. The summed E-state index contributed by atoms with van der Waals surface area (Å²) in [6.45, 7) is 3.19.